The molecule has 21 heavy (non-hydrogen) atoms. The Bertz CT molecular complexity index is 645. The predicted octanol–water partition coefficient (Wildman–Crippen LogP) is 3.02. The minimum Gasteiger partial charge on any atom is -0.366 e. The van der Waals surface area contributed by atoms with E-state index in [9.17, 15) is 10.1 Å². The number of benzene rings is 1. The smallest absolute Gasteiger partial charge is 0.293 e. The van der Waals surface area contributed by atoms with Gasteiger partial charge >= 0.3 is 0 Å². The van der Waals surface area contributed by atoms with Gasteiger partial charge in [0.15, 0.2) is 0 Å². The molecule has 0 amide bonds. The van der Waals surface area contributed by atoms with Crippen molar-refractivity contribution in [3.63, 3.8) is 0 Å². The summed E-state index contributed by atoms with van der Waals surface area (Å²) in [5, 5.41) is 28.8. The van der Waals surface area contributed by atoms with E-state index in [-0.39, 0.29) is 11.3 Å². The van der Waals surface area contributed by atoms with Gasteiger partial charge in [-0.3, -0.25) is 10.1 Å². The van der Waals surface area contributed by atoms with Crippen molar-refractivity contribution in [3.05, 3.63) is 39.4 Å². The summed E-state index contributed by atoms with van der Waals surface area (Å²) < 4.78 is 0. The highest BCUT2D eigenvalue weighted by molar-refractivity contribution is 5.71. The Hall–Kier alpha value is -2.86. The number of hydrogen-bond acceptors (Lipinski definition) is 5. The Morgan fingerprint density at radius 1 is 1.24 bits per heavy atom. The summed E-state index contributed by atoms with van der Waals surface area (Å²) in [7, 11) is 0. The molecule has 0 spiro atoms. The van der Waals surface area contributed by atoms with E-state index >= 15 is 0 Å². The quantitative estimate of drug-likeness (QED) is 0.482. The highest BCUT2D eigenvalue weighted by Crippen LogP contribution is 2.31. The molecule has 1 aliphatic rings. The van der Waals surface area contributed by atoms with Crippen molar-refractivity contribution in [2.45, 2.75) is 19.3 Å². The Balaban J connectivity index is 2.40. The SMILES string of the molecule is N#CC(C#N)=Cc1ccc(N2CCCCC2)c([N+](=O)[O-])c1. The standard InChI is InChI=1S/C15H14N4O2/c16-10-13(11-17)8-12-4-5-14(15(9-12)19(20)21)18-6-2-1-3-7-18/h4-5,8-9H,1-3,6-7H2. The van der Waals surface area contributed by atoms with Crippen LogP contribution in [0.5, 0.6) is 0 Å². The van der Waals surface area contributed by atoms with Crippen molar-refractivity contribution in [3.8, 4) is 12.1 Å². The molecule has 0 radical (unpaired) electrons. The average molecular weight is 282 g/mol. The maximum absolute atomic E-state index is 11.3. The van der Waals surface area contributed by atoms with Crippen LogP contribution in [-0.4, -0.2) is 18.0 Å². The second kappa shape index (κ2) is 6.53. The molecule has 0 aromatic heterocycles. The zero-order chi connectivity index (χ0) is 15.2. The fourth-order valence-corrected chi connectivity index (χ4v) is 2.43. The first-order valence-electron chi connectivity index (χ1n) is 6.71. The first-order valence-corrected chi connectivity index (χ1v) is 6.71. The molecule has 6 nitrogen and oxygen atoms in total. The minimum atomic E-state index is -0.417. The first-order chi connectivity index (χ1) is 10.2. The number of hydrogen-bond donors (Lipinski definition) is 0. The summed E-state index contributed by atoms with van der Waals surface area (Å²) in [5.41, 5.74) is 1.03. The molecule has 1 aromatic carbocycles. The van der Waals surface area contributed by atoms with Crippen LogP contribution in [0.2, 0.25) is 0 Å². The van der Waals surface area contributed by atoms with E-state index in [1.165, 1.54) is 12.1 Å². The molecule has 1 heterocycles. The van der Waals surface area contributed by atoms with E-state index in [1.807, 2.05) is 4.90 Å². The summed E-state index contributed by atoms with van der Waals surface area (Å²) in [6, 6.07) is 8.30. The number of rotatable bonds is 3. The highest BCUT2D eigenvalue weighted by Gasteiger charge is 2.21. The molecular weight excluding hydrogens is 268 g/mol. The lowest BCUT2D eigenvalue weighted by Gasteiger charge is -2.28. The van der Waals surface area contributed by atoms with Crippen LogP contribution in [0, 0.1) is 32.8 Å². The Kier molecular flexibility index (Phi) is 4.53. The van der Waals surface area contributed by atoms with E-state index in [4.69, 9.17) is 10.5 Å². The maximum Gasteiger partial charge on any atom is 0.293 e. The van der Waals surface area contributed by atoms with E-state index < -0.39 is 4.92 Å². The number of nitro groups is 1. The van der Waals surface area contributed by atoms with Crippen molar-refractivity contribution in [2.24, 2.45) is 0 Å². The van der Waals surface area contributed by atoms with E-state index in [0.29, 0.717) is 11.3 Å². The molecule has 1 fully saturated rings. The van der Waals surface area contributed by atoms with Crippen LogP contribution in [0.1, 0.15) is 24.8 Å². The molecule has 0 atom stereocenters. The number of anilines is 1. The molecule has 1 aliphatic heterocycles. The fourth-order valence-electron chi connectivity index (χ4n) is 2.43. The second-order valence-corrected chi connectivity index (χ2v) is 4.83. The Labute approximate surface area is 122 Å². The fraction of sp³-hybridized carbons (Fsp3) is 0.333. The lowest BCUT2D eigenvalue weighted by atomic mass is 10.1. The minimum absolute atomic E-state index is 0.0147. The van der Waals surface area contributed by atoms with Gasteiger partial charge in [0.1, 0.15) is 23.4 Å². The molecule has 0 saturated carbocycles. The molecular formula is C15H14N4O2. The van der Waals surface area contributed by atoms with Crippen LogP contribution < -0.4 is 4.90 Å². The van der Waals surface area contributed by atoms with Crippen LogP contribution in [-0.2, 0) is 0 Å². The highest BCUT2D eigenvalue weighted by atomic mass is 16.6. The van der Waals surface area contributed by atoms with Crippen LogP contribution in [0.3, 0.4) is 0 Å². The topological polar surface area (TPSA) is 94.0 Å². The number of piperidine rings is 1. The van der Waals surface area contributed by atoms with Crippen molar-refractivity contribution in [2.75, 3.05) is 18.0 Å². The zero-order valence-corrected chi connectivity index (χ0v) is 11.5. The number of allylic oxidation sites excluding steroid dienone is 1. The molecule has 0 aliphatic carbocycles. The van der Waals surface area contributed by atoms with Crippen LogP contribution in [0.15, 0.2) is 23.8 Å². The lowest BCUT2D eigenvalue weighted by Crippen LogP contribution is -2.29. The van der Waals surface area contributed by atoms with Crippen LogP contribution in [0.4, 0.5) is 11.4 Å². The Morgan fingerprint density at radius 2 is 1.90 bits per heavy atom. The average Bonchev–Trinajstić information content (AvgIpc) is 2.53. The second-order valence-electron chi connectivity index (χ2n) is 4.83. The third kappa shape index (κ3) is 3.37. The summed E-state index contributed by atoms with van der Waals surface area (Å²) in [6.45, 7) is 1.63. The summed E-state index contributed by atoms with van der Waals surface area (Å²) in [6.07, 6.45) is 4.57. The van der Waals surface area contributed by atoms with E-state index in [2.05, 4.69) is 0 Å². The van der Waals surface area contributed by atoms with Gasteiger partial charge in [-0.1, -0.05) is 6.07 Å². The van der Waals surface area contributed by atoms with Gasteiger partial charge in [0.2, 0.25) is 0 Å². The Morgan fingerprint density at radius 3 is 2.48 bits per heavy atom. The van der Waals surface area contributed by atoms with Gasteiger partial charge in [-0.2, -0.15) is 10.5 Å². The van der Waals surface area contributed by atoms with Gasteiger partial charge < -0.3 is 4.90 Å². The van der Waals surface area contributed by atoms with Gasteiger partial charge in [-0.15, -0.1) is 0 Å². The van der Waals surface area contributed by atoms with Crippen molar-refractivity contribution < 1.29 is 4.92 Å². The first kappa shape index (κ1) is 14.5. The zero-order valence-electron chi connectivity index (χ0n) is 11.5. The summed E-state index contributed by atoms with van der Waals surface area (Å²) >= 11 is 0. The molecule has 0 bridgehead atoms. The van der Waals surface area contributed by atoms with Crippen LogP contribution >= 0.6 is 0 Å². The molecule has 1 saturated heterocycles. The van der Waals surface area contributed by atoms with Gasteiger partial charge in [0.05, 0.1) is 4.92 Å². The predicted molar refractivity (Wildman–Crippen MR) is 78.4 cm³/mol. The van der Waals surface area contributed by atoms with Gasteiger partial charge in [0.25, 0.3) is 5.69 Å². The lowest BCUT2D eigenvalue weighted by molar-refractivity contribution is -0.384. The largest absolute Gasteiger partial charge is 0.366 e. The summed E-state index contributed by atoms with van der Waals surface area (Å²) in [5.74, 6) is 0. The molecule has 0 N–H and O–H groups in total. The normalized spacial score (nSPS) is 13.9. The van der Waals surface area contributed by atoms with Crippen molar-refractivity contribution >= 4 is 17.5 Å². The van der Waals surface area contributed by atoms with Gasteiger partial charge in [-0.25, -0.2) is 0 Å². The maximum atomic E-state index is 11.3. The molecule has 2 rings (SSSR count). The number of nitro benzene ring substituents is 1. The third-order valence-corrected chi connectivity index (χ3v) is 3.44. The molecule has 6 heteroatoms. The molecule has 106 valence electrons. The monoisotopic (exact) mass is 282 g/mol. The van der Waals surface area contributed by atoms with Crippen LogP contribution in [0.25, 0.3) is 6.08 Å². The van der Waals surface area contributed by atoms with E-state index in [1.54, 1.807) is 24.3 Å². The van der Waals surface area contributed by atoms with Gasteiger partial charge in [0, 0.05) is 19.2 Å². The number of nitriles is 2. The van der Waals surface area contributed by atoms with Gasteiger partial charge in [-0.05, 0) is 37.0 Å². The van der Waals surface area contributed by atoms with E-state index in [0.717, 1.165) is 32.4 Å². The molecule has 0 unspecified atom stereocenters. The van der Waals surface area contributed by atoms with Crippen molar-refractivity contribution in [1.29, 1.82) is 10.5 Å². The summed E-state index contributed by atoms with van der Waals surface area (Å²) in [4.78, 5) is 12.9. The number of nitrogens with zero attached hydrogens (tertiary/aromatic N) is 4. The molecule has 1 aromatic rings. The third-order valence-electron chi connectivity index (χ3n) is 3.44. The van der Waals surface area contributed by atoms with Crippen molar-refractivity contribution in [1.82, 2.24) is 0 Å².